The van der Waals surface area contributed by atoms with Gasteiger partial charge in [0.1, 0.15) is 12.4 Å². The van der Waals surface area contributed by atoms with E-state index in [1.165, 1.54) is 0 Å². The maximum absolute atomic E-state index is 12.5. The lowest BCUT2D eigenvalue weighted by atomic mass is 10.3. The molecule has 5 heteroatoms. The third-order valence-corrected chi connectivity index (χ3v) is 3.41. The van der Waals surface area contributed by atoms with E-state index in [9.17, 15) is 9.90 Å². The summed E-state index contributed by atoms with van der Waals surface area (Å²) in [4.78, 5) is 18.7. The van der Waals surface area contributed by atoms with Crippen LogP contribution in [-0.4, -0.2) is 45.2 Å². The summed E-state index contributed by atoms with van der Waals surface area (Å²) in [6.45, 7) is 8.51. The van der Waals surface area contributed by atoms with Gasteiger partial charge in [-0.3, -0.25) is 4.79 Å². The standard InChI is InChI=1S/C17H21N3O2/c1-3-10-19(11-4-2)17(22)13-20-15-8-6-5-7-14(15)18-16(20)9-12-21/h3-8,21H,1-2,9-13H2. The Morgan fingerprint density at radius 3 is 2.59 bits per heavy atom. The molecule has 2 rings (SSSR count). The maximum Gasteiger partial charge on any atom is 0.243 e. The highest BCUT2D eigenvalue weighted by Gasteiger charge is 2.16. The summed E-state index contributed by atoms with van der Waals surface area (Å²) in [7, 11) is 0. The molecule has 1 aromatic heterocycles. The molecule has 1 N–H and O–H groups in total. The second-order valence-corrected chi connectivity index (χ2v) is 4.95. The monoisotopic (exact) mass is 299 g/mol. The summed E-state index contributed by atoms with van der Waals surface area (Å²) in [5, 5.41) is 9.21. The Morgan fingerprint density at radius 2 is 1.95 bits per heavy atom. The van der Waals surface area contributed by atoms with E-state index in [4.69, 9.17) is 0 Å². The molecule has 1 amide bonds. The fourth-order valence-electron chi connectivity index (χ4n) is 2.42. The molecule has 0 fully saturated rings. The predicted molar refractivity (Wildman–Crippen MR) is 87.5 cm³/mol. The fraction of sp³-hybridized carbons (Fsp3) is 0.294. The Hall–Kier alpha value is -2.40. The van der Waals surface area contributed by atoms with Crippen LogP contribution in [0.4, 0.5) is 0 Å². The number of aliphatic hydroxyl groups excluding tert-OH is 1. The van der Waals surface area contributed by atoms with Crippen molar-refractivity contribution in [2.24, 2.45) is 0 Å². The quantitative estimate of drug-likeness (QED) is 0.756. The van der Waals surface area contributed by atoms with Gasteiger partial charge in [-0.1, -0.05) is 24.3 Å². The van der Waals surface area contributed by atoms with Crippen molar-refractivity contribution < 1.29 is 9.90 Å². The van der Waals surface area contributed by atoms with E-state index in [1.54, 1.807) is 17.1 Å². The number of nitrogens with zero attached hydrogens (tertiary/aromatic N) is 3. The van der Waals surface area contributed by atoms with Crippen molar-refractivity contribution in [3.8, 4) is 0 Å². The molecule has 0 aliphatic carbocycles. The van der Waals surface area contributed by atoms with Crippen molar-refractivity contribution in [3.63, 3.8) is 0 Å². The van der Waals surface area contributed by atoms with Crippen molar-refractivity contribution >= 4 is 16.9 Å². The number of fused-ring (bicyclic) bond motifs is 1. The van der Waals surface area contributed by atoms with Crippen LogP contribution in [0.15, 0.2) is 49.6 Å². The third-order valence-electron chi connectivity index (χ3n) is 3.41. The minimum atomic E-state index is -0.0258. The van der Waals surface area contributed by atoms with Crippen LogP contribution in [0.25, 0.3) is 11.0 Å². The van der Waals surface area contributed by atoms with E-state index in [-0.39, 0.29) is 19.1 Å². The highest BCUT2D eigenvalue weighted by atomic mass is 16.3. The van der Waals surface area contributed by atoms with Gasteiger partial charge in [-0.15, -0.1) is 13.2 Å². The molecule has 0 aliphatic rings. The Kier molecular flexibility index (Phi) is 5.49. The van der Waals surface area contributed by atoms with Gasteiger partial charge in [-0.25, -0.2) is 4.98 Å². The van der Waals surface area contributed by atoms with Crippen LogP contribution in [0.5, 0.6) is 0 Å². The van der Waals surface area contributed by atoms with Crippen LogP contribution >= 0.6 is 0 Å². The van der Waals surface area contributed by atoms with Crippen LogP contribution in [-0.2, 0) is 17.8 Å². The van der Waals surface area contributed by atoms with Crippen LogP contribution in [0, 0.1) is 0 Å². The molecule has 0 saturated heterocycles. The average Bonchev–Trinajstić information content (AvgIpc) is 2.85. The summed E-state index contributed by atoms with van der Waals surface area (Å²) < 4.78 is 1.87. The molecular weight excluding hydrogens is 278 g/mol. The van der Waals surface area contributed by atoms with Crippen molar-refractivity contribution in [1.82, 2.24) is 14.5 Å². The Bertz CT molecular complexity index is 666. The number of benzene rings is 1. The molecule has 0 aliphatic heterocycles. The molecular formula is C17H21N3O2. The second-order valence-electron chi connectivity index (χ2n) is 4.95. The van der Waals surface area contributed by atoms with Crippen LogP contribution < -0.4 is 0 Å². The minimum Gasteiger partial charge on any atom is -0.396 e. The number of amides is 1. The first-order valence-corrected chi connectivity index (χ1v) is 7.25. The van der Waals surface area contributed by atoms with Gasteiger partial charge in [0.2, 0.25) is 5.91 Å². The molecule has 1 aromatic carbocycles. The van der Waals surface area contributed by atoms with Gasteiger partial charge in [0.15, 0.2) is 0 Å². The van der Waals surface area contributed by atoms with Gasteiger partial charge in [0.05, 0.1) is 17.6 Å². The number of aliphatic hydroxyl groups is 1. The van der Waals surface area contributed by atoms with Crippen molar-refractivity contribution in [2.75, 3.05) is 19.7 Å². The molecule has 0 atom stereocenters. The number of para-hydroxylation sites is 2. The van der Waals surface area contributed by atoms with Gasteiger partial charge in [-0.2, -0.15) is 0 Å². The lowest BCUT2D eigenvalue weighted by Crippen LogP contribution is -2.34. The smallest absolute Gasteiger partial charge is 0.243 e. The molecule has 0 saturated carbocycles. The summed E-state index contributed by atoms with van der Waals surface area (Å²) >= 11 is 0. The summed E-state index contributed by atoms with van der Waals surface area (Å²) in [6, 6.07) is 7.66. The van der Waals surface area contributed by atoms with Crippen molar-refractivity contribution in [3.05, 3.63) is 55.4 Å². The Morgan fingerprint density at radius 1 is 1.27 bits per heavy atom. The molecule has 0 bridgehead atoms. The van der Waals surface area contributed by atoms with E-state index in [1.807, 2.05) is 28.8 Å². The second kappa shape index (κ2) is 7.56. The Balaban J connectivity index is 2.32. The Labute approximate surface area is 130 Å². The van der Waals surface area contributed by atoms with E-state index >= 15 is 0 Å². The highest BCUT2D eigenvalue weighted by Crippen LogP contribution is 2.16. The zero-order chi connectivity index (χ0) is 15.9. The van der Waals surface area contributed by atoms with Crippen LogP contribution in [0.3, 0.4) is 0 Å². The lowest BCUT2D eigenvalue weighted by Gasteiger charge is -2.20. The number of aromatic nitrogens is 2. The van der Waals surface area contributed by atoms with E-state index in [0.717, 1.165) is 11.0 Å². The molecule has 116 valence electrons. The van der Waals surface area contributed by atoms with E-state index in [0.29, 0.717) is 25.3 Å². The number of hydrogen-bond acceptors (Lipinski definition) is 3. The van der Waals surface area contributed by atoms with E-state index < -0.39 is 0 Å². The molecule has 5 nitrogen and oxygen atoms in total. The summed E-state index contributed by atoms with van der Waals surface area (Å²) in [5.74, 6) is 0.691. The normalized spacial score (nSPS) is 10.6. The highest BCUT2D eigenvalue weighted by molar-refractivity contribution is 5.81. The number of rotatable bonds is 8. The fourth-order valence-corrected chi connectivity index (χ4v) is 2.42. The van der Waals surface area contributed by atoms with Crippen molar-refractivity contribution in [2.45, 2.75) is 13.0 Å². The first-order chi connectivity index (χ1) is 10.7. The first-order valence-electron chi connectivity index (χ1n) is 7.25. The number of carbonyl (C=O) groups is 1. The van der Waals surface area contributed by atoms with Crippen molar-refractivity contribution in [1.29, 1.82) is 0 Å². The van der Waals surface area contributed by atoms with Gasteiger partial charge in [0, 0.05) is 19.5 Å². The van der Waals surface area contributed by atoms with Gasteiger partial charge < -0.3 is 14.6 Å². The molecule has 0 radical (unpaired) electrons. The van der Waals surface area contributed by atoms with Crippen LogP contribution in [0.2, 0.25) is 0 Å². The zero-order valence-electron chi connectivity index (χ0n) is 12.6. The lowest BCUT2D eigenvalue weighted by molar-refractivity contribution is -0.130. The molecule has 1 heterocycles. The summed E-state index contributed by atoms with van der Waals surface area (Å²) in [6.07, 6.45) is 3.81. The van der Waals surface area contributed by atoms with E-state index in [2.05, 4.69) is 18.1 Å². The SMILES string of the molecule is C=CCN(CC=C)C(=O)Cn1c(CCO)nc2ccccc21. The van der Waals surface area contributed by atoms with Gasteiger partial charge in [-0.05, 0) is 12.1 Å². The first kappa shape index (κ1) is 16.0. The topological polar surface area (TPSA) is 58.4 Å². The molecule has 2 aromatic rings. The van der Waals surface area contributed by atoms with Gasteiger partial charge >= 0.3 is 0 Å². The molecule has 0 spiro atoms. The van der Waals surface area contributed by atoms with Gasteiger partial charge in [0.25, 0.3) is 0 Å². The maximum atomic E-state index is 12.5. The number of carbonyl (C=O) groups excluding carboxylic acids is 1. The predicted octanol–water partition coefficient (Wildman–Crippen LogP) is 1.77. The minimum absolute atomic E-state index is 0.000538. The summed E-state index contributed by atoms with van der Waals surface area (Å²) in [5.41, 5.74) is 1.73. The zero-order valence-corrected chi connectivity index (χ0v) is 12.6. The number of hydrogen-bond donors (Lipinski definition) is 1. The molecule has 22 heavy (non-hydrogen) atoms. The third kappa shape index (κ3) is 3.43. The molecule has 0 unspecified atom stereocenters. The average molecular weight is 299 g/mol. The van der Waals surface area contributed by atoms with Crippen LogP contribution in [0.1, 0.15) is 5.82 Å². The number of imidazole rings is 1. The largest absolute Gasteiger partial charge is 0.396 e.